The molecule has 1 aliphatic rings. The van der Waals surface area contributed by atoms with Crippen LogP contribution < -0.4 is 5.32 Å². The van der Waals surface area contributed by atoms with E-state index in [0.29, 0.717) is 0 Å². The highest BCUT2D eigenvalue weighted by atomic mass is 15.1. The zero-order valence-corrected chi connectivity index (χ0v) is 5.25. The molecule has 2 heteroatoms. The van der Waals surface area contributed by atoms with E-state index in [2.05, 4.69) is 22.1 Å². The topological polar surface area (TPSA) is 19.0 Å². The summed E-state index contributed by atoms with van der Waals surface area (Å²) in [6.07, 6.45) is 3.28. The second kappa shape index (κ2) is 1.79. The zero-order chi connectivity index (χ0) is 6.10. The van der Waals surface area contributed by atoms with E-state index in [9.17, 15) is 0 Å². The molecular weight excluding hydrogens is 112 g/mol. The predicted molar refractivity (Wildman–Crippen MR) is 35.7 cm³/mol. The summed E-state index contributed by atoms with van der Waals surface area (Å²) in [6, 6.07) is 4.10. The highest BCUT2D eigenvalue weighted by molar-refractivity contribution is 5.28. The van der Waals surface area contributed by atoms with Crippen LogP contribution in [0.1, 0.15) is 6.42 Å². The average Bonchev–Trinajstić information content (AvgIpc) is 2.33. The number of nitrogens with zero attached hydrogens (tertiary/aromatic N) is 2. The standard InChI is InChI=1S/C7H9N2/c1-3-7-8-4-2-6-9(7)5-1/h1,3,5H,2,4,6H2. The van der Waals surface area contributed by atoms with Crippen molar-refractivity contribution >= 4 is 5.82 Å². The van der Waals surface area contributed by atoms with Crippen LogP contribution >= 0.6 is 0 Å². The average molecular weight is 121 g/mol. The lowest BCUT2D eigenvalue weighted by atomic mass is 10.3. The molecular formula is C7H9N2. The lowest BCUT2D eigenvalue weighted by molar-refractivity contribution is 0.558. The van der Waals surface area contributed by atoms with E-state index in [1.807, 2.05) is 6.07 Å². The Morgan fingerprint density at radius 2 is 2.56 bits per heavy atom. The largest absolute Gasteiger partial charge is 0.333 e. The number of aromatic nitrogens is 1. The molecule has 2 nitrogen and oxygen atoms in total. The van der Waals surface area contributed by atoms with Gasteiger partial charge >= 0.3 is 0 Å². The fourth-order valence-electron chi connectivity index (χ4n) is 1.17. The van der Waals surface area contributed by atoms with Crippen molar-refractivity contribution in [2.24, 2.45) is 0 Å². The number of hydrogen-bond acceptors (Lipinski definition) is 0. The number of aryl methyl sites for hydroxylation is 1. The molecule has 2 heterocycles. The molecule has 47 valence electrons. The van der Waals surface area contributed by atoms with Crippen molar-refractivity contribution in [3.05, 3.63) is 18.3 Å². The van der Waals surface area contributed by atoms with Crippen LogP contribution in [0, 0.1) is 0 Å². The Morgan fingerprint density at radius 1 is 1.56 bits per heavy atom. The molecule has 0 bridgehead atoms. The Balaban J connectivity index is 2.39. The molecule has 2 rings (SSSR count). The molecule has 0 saturated carbocycles. The van der Waals surface area contributed by atoms with Gasteiger partial charge in [-0.2, -0.15) is 0 Å². The third kappa shape index (κ3) is 0.707. The number of hydrogen-bond donors (Lipinski definition) is 0. The fourth-order valence-corrected chi connectivity index (χ4v) is 1.17. The Hall–Kier alpha value is -0.920. The lowest BCUT2D eigenvalue weighted by Gasteiger charge is -2.13. The van der Waals surface area contributed by atoms with E-state index in [1.165, 1.54) is 6.42 Å². The van der Waals surface area contributed by atoms with Crippen molar-refractivity contribution in [2.75, 3.05) is 6.54 Å². The molecule has 0 N–H and O–H groups in total. The predicted octanol–water partition coefficient (Wildman–Crippen LogP) is 1.13. The van der Waals surface area contributed by atoms with Crippen LogP contribution in [-0.4, -0.2) is 11.1 Å². The second-order valence-corrected chi connectivity index (χ2v) is 2.30. The van der Waals surface area contributed by atoms with Gasteiger partial charge in [0.05, 0.1) is 0 Å². The van der Waals surface area contributed by atoms with Gasteiger partial charge in [-0.25, -0.2) is 0 Å². The SMILES string of the molecule is c1cc2n(c1)CCC[N]2. The quantitative estimate of drug-likeness (QED) is 0.490. The summed E-state index contributed by atoms with van der Waals surface area (Å²) in [5.74, 6) is 1.14. The van der Waals surface area contributed by atoms with Crippen molar-refractivity contribution < 1.29 is 0 Å². The van der Waals surface area contributed by atoms with E-state index < -0.39 is 0 Å². The molecule has 0 atom stereocenters. The van der Waals surface area contributed by atoms with Gasteiger partial charge in [-0.05, 0) is 18.6 Å². The maximum absolute atomic E-state index is 4.32. The first kappa shape index (κ1) is 4.91. The highest BCUT2D eigenvalue weighted by Gasteiger charge is 2.05. The molecule has 0 amide bonds. The van der Waals surface area contributed by atoms with Crippen LogP contribution in [0.2, 0.25) is 0 Å². The molecule has 0 fully saturated rings. The number of fused-ring (bicyclic) bond motifs is 1. The smallest absolute Gasteiger partial charge is 0.127 e. The Labute approximate surface area is 54.5 Å². The monoisotopic (exact) mass is 121 g/mol. The van der Waals surface area contributed by atoms with Gasteiger partial charge in [0, 0.05) is 19.3 Å². The van der Waals surface area contributed by atoms with Gasteiger partial charge in [-0.1, -0.05) is 0 Å². The van der Waals surface area contributed by atoms with Gasteiger partial charge in [0.1, 0.15) is 5.82 Å². The maximum Gasteiger partial charge on any atom is 0.127 e. The molecule has 0 aliphatic carbocycles. The fraction of sp³-hybridized carbons (Fsp3) is 0.429. The van der Waals surface area contributed by atoms with Gasteiger partial charge in [0.15, 0.2) is 0 Å². The summed E-state index contributed by atoms with van der Waals surface area (Å²) in [7, 11) is 0. The summed E-state index contributed by atoms with van der Waals surface area (Å²) in [4.78, 5) is 0. The second-order valence-electron chi connectivity index (χ2n) is 2.30. The summed E-state index contributed by atoms with van der Waals surface area (Å²) in [5, 5.41) is 4.32. The first-order chi connectivity index (χ1) is 4.47. The first-order valence-electron chi connectivity index (χ1n) is 3.29. The third-order valence-electron chi connectivity index (χ3n) is 1.64. The van der Waals surface area contributed by atoms with Crippen molar-refractivity contribution in [3.8, 4) is 0 Å². The Kier molecular flexibility index (Phi) is 0.979. The number of rotatable bonds is 0. The summed E-state index contributed by atoms with van der Waals surface area (Å²) in [6.45, 7) is 2.15. The Bertz CT molecular complexity index is 182. The molecule has 0 unspecified atom stereocenters. The summed E-state index contributed by atoms with van der Waals surface area (Å²) < 4.78 is 2.18. The molecule has 0 spiro atoms. The zero-order valence-electron chi connectivity index (χ0n) is 5.25. The minimum absolute atomic E-state index is 1.00. The molecule has 1 aliphatic heterocycles. The van der Waals surface area contributed by atoms with Gasteiger partial charge in [0.25, 0.3) is 0 Å². The van der Waals surface area contributed by atoms with E-state index >= 15 is 0 Å². The highest BCUT2D eigenvalue weighted by Crippen LogP contribution is 2.13. The van der Waals surface area contributed by atoms with Crippen molar-refractivity contribution in [1.29, 1.82) is 0 Å². The third-order valence-corrected chi connectivity index (χ3v) is 1.64. The molecule has 1 radical (unpaired) electrons. The summed E-state index contributed by atoms with van der Waals surface area (Å²) >= 11 is 0. The van der Waals surface area contributed by atoms with Crippen molar-refractivity contribution in [1.82, 2.24) is 9.88 Å². The van der Waals surface area contributed by atoms with Crippen LogP contribution in [0.3, 0.4) is 0 Å². The van der Waals surface area contributed by atoms with Crippen molar-refractivity contribution in [2.45, 2.75) is 13.0 Å². The van der Waals surface area contributed by atoms with E-state index in [-0.39, 0.29) is 0 Å². The lowest BCUT2D eigenvalue weighted by Crippen LogP contribution is -2.14. The molecule has 9 heavy (non-hydrogen) atoms. The molecule has 1 aromatic heterocycles. The Morgan fingerprint density at radius 3 is 3.44 bits per heavy atom. The van der Waals surface area contributed by atoms with E-state index in [4.69, 9.17) is 0 Å². The van der Waals surface area contributed by atoms with E-state index in [0.717, 1.165) is 18.9 Å². The van der Waals surface area contributed by atoms with Crippen LogP contribution in [0.5, 0.6) is 0 Å². The van der Waals surface area contributed by atoms with E-state index in [1.54, 1.807) is 0 Å². The van der Waals surface area contributed by atoms with Crippen LogP contribution in [0.25, 0.3) is 0 Å². The van der Waals surface area contributed by atoms with Gasteiger partial charge in [-0.15, -0.1) is 0 Å². The maximum atomic E-state index is 4.32. The molecule has 1 aromatic rings. The minimum atomic E-state index is 1.00. The van der Waals surface area contributed by atoms with Crippen molar-refractivity contribution in [3.63, 3.8) is 0 Å². The minimum Gasteiger partial charge on any atom is -0.333 e. The molecule has 0 saturated heterocycles. The normalized spacial score (nSPS) is 16.4. The molecule has 0 aromatic carbocycles. The van der Waals surface area contributed by atoms with Crippen LogP contribution in [-0.2, 0) is 6.54 Å². The van der Waals surface area contributed by atoms with Gasteiger partial charge in [0.2, 0.25) is 0 Å². The summed E-state index contributed by atoms with van der Waals surface area (Å²) in [5.41, 5.74) is 0. The van der Waals surface area contributed by atoms with Crippen LogP contribution in [0.4, 0.5) is 5.82 Å². The van der Waals surface area contributed by atoms with Gasteiger partial charge < -0.3 is 4.57 Å². The first-order valence-corrected chi connectivity index (χ1v) is 3.29. The van der Waals surface area contributed by atoms with Gasteiger partial charge in [-0.3, -0.25) is 5.32 Å². The van der Waals surface area contributed by atoms with Crippen LogP contribution in [0.15, 0.2) is 18.3 Å².